The van der Waals surface area contributed by atoms with Gasteiger partial charge in [0.25, 0.3) is 0 Å². The van der Waals surface area contributed by atoms with E-state index in [4.69, 9.17) is 5.11 Å². The lowest BCUT2D eigenvalue weighted by atomic mass is 10.1. The number of aromatic nitrogens is 3. The van der Waals surface area contributed by atoms with Gasteiger partial charge in [0, 0.05) is 18.2 Å². The second-order valence-corrected chi connectivity index (χ2v) is 4.63. The van der Waals surface area contributed by atoms with Crippen LogP contribution in [0.15, 0.2) is 54.6 Å². The lowest BCUT2D eigenvalue weighted by Crippen LogP contribution is -1.97. The SMILES string of the molecule is Cn1nc(-c2ccccc2)nc1-c1ccc(C(=O)O)cc1. The van der Waals surface area contributed by atoms with E-state index in [1.165, 1.54) is 0 Å². The minimum atomic E-state index is -0.940. The van der Waals surface area contributed by atoms with Crippen molar-refractivity contribution in [1.29, 1.82) is 0 Å². The number of carboxylic acids is 1. The summed E-state index contributed by atoms with van der Waals surface area (Å²) in [7, 11) is 1.82. The maximum absolute atomic E-state index is 10.9. The van der Waals surface area contributed by atoms with Crippen LogP contribution in [0.25, 0.3) is 22.8 Å². The molecule has 0 saturated carbocycles. The van der Waals surface area contributed by atoms with Gasteiger partial charge in [-0.1, -0.05) is 42.5 Å². The zero-order valence-electron chi connectivity index (χ0n) is 11.4. The van der Waals surface area contributed by atoms with E-state index in [9.17, 15) is 4.79 Å². The van der Waals surface area contributed by atoms with E-state index >= 15 is 0 Å². The van der Waals surface area contributed by atoms with E-state index in [1.807, 2.05) is 37.4 Å². The molecule has 0 bridgehead atoms. The van der Waals surface area contributed by atoms with Gasteiger partial charge in [0.05, 0.1) is 5.56 Å². The smallest absolute Gasteiger partial charge is 0.335 e. The zero-order valence-corrected chi connectivity index (χ0v) is 11.4. The molecule has 0 aliphatic carbocycles. The molecule has 1 N–H and O–H groups in total. The van der Waals surface area contributed by atoms with Gasteiger partial charge in [-0.15, -0.1) is 0 Å². The molecule has 3 aromatic rings. The van der Waals surface area contributed by atoms with Crippen LogP contribution in [0.3, 0.4) is 0 Å². The third-order valence-electron chi connectivity index (χ3n) is 3.19. The molecule has 0 amide bonds. The molecule has 0 aliphatic heterocycles. The highest BCUT2D eigenvalue weighted by Gasteiger charge is 2.11. The average molecular weight is 279 g/mol. The first-order chi connectivity index (χ1) is 10.1. The first-order valence-electron chi connectivity index (χ1n) is 6.45. The first kappa shape index (κ1) is 13.1. The molecular weight excluding hydrogens is 266 g/mol. The van der Waals surface area contributed by atoms with Crippen molar-refractivity contribution in [3.8, 4) is 22.8 Å². The molecular formula is C16H13N3O2. The van der Waals surface area contributed by atoms with E-state index in [2.05, 4.69) is 10.1 Å². The van der Waals surface area contributed by atoms with Crippen LogP contribution in [0.2, 0.25) is 0 Å². The summed E-state index contributed by atoms with van der Waals surface area (Å²) >= 11 is 0. The van der Waals surface area contributed by atoms with Gasteiger partial charge in [0.15, 0.2) is 11.6 Å². The summed E-state index contributed by atoms with van der Waals surface area (Å²) in [5.41, 5.74) is 2.03. The number of carbonyl (C=O) groups is 1. The summed E-state index contributed by atoms with van der Waals surface area (Å²) in [6.07, 6.45) is 0. The molecule has 104 valence electrons. The van der Waals surface area contributed by atoms with Gasteiger partial charge in [0.1, 0.15) is 0 Å². The molecule has 1 aromatic heterocycles. The molecule has 0 aliphatic rings. The van der Waals surface area contributed by atoms with E-state index in [1.54, 1.807) is 28.9 Å². The second kappa shape index (κ2) is 5.20. The molecule has 2 aromatic carbocycles. The van der Waals surface area contributed by atoms with Gasteiger partial charge < -0.3 is 5.11 Å². The molecule has 0 unspecified atom stereocenters. The summed E-state index contributed by atoms with van der Waals surface area (Å²) in [6.45, 7) is 0. The van der Waals surface area contributed by atoms with Crippen LogP contribution in [0.1, 0.15) is 10.4 Å². The Labute approximate surface area is 121 Å². The summed E-state index contributed by atoms with van der Waals surface area (Å²) in [4.78, 5) is 15.4. The molecule has 5 heteroatoms. The highest BCUT2D eigenvalue weighted by atomic mass is 16.4. The molecule has 1 heterocycles. The summed E-state index contributed by atoms with van der Waals surface area (Å²) in [5.74, 6) is 0.408. The Kier molecular flexibility index (Phi) is 3.23. The van der Waals surface area contributed by atoms with Crippen LogP contribution in [0, 0.1) is 0 Å². The van der Waals surface area contributed by atoms with Gasteiger partial charge in [-0.2, -0.15) is 5.10 Å². The number of nitrogens with zero attached hydrogens (tertiary/aromatic N) is 3. The lowest BCUT2D eigenvalue weighted by molar-refractivity contribution is 0.0697. The van der Waals surface area contributed by atoms with Crippen LogP contribution >= 0.6 is 0 Å². The zero-order chi connectivity index (χ0) is 14.8. The fourth-order valence-corrected chi connectivity index (χ4v) is 2.11. The Hall–Kier alpha value is -2.95. The Morgan fingerprint density at radius 1 is 1.00 bits per heavy atom. The van der Waals surface area contributed by atoms with Gasteiger partial charge >= 0.3 is 5.97 Å². The Bertz CT molecular complexity index is 777. The predicted octanol–water partition coefficient (Wildman–Crippen LogP) is 2.85. The Balaban J connectivity index is 2.00. The van der Waals surface area contributed by atoms with Crippen molar-refractivity contribution in [3.63, 3.8) is 0 Å². The van der Waals surface area contributed by atoms with Gasteiger partial charge in [-0.25, -0.2) is 14.5 Å². The Morgan fingerprint density at radius 2 is 1.67 bits per heavy atom. The monoisotopic (exact) mass is 279 g/mol. The summed E-state index contributed by atoms with van der Waals surface area (Å²) in [6, 6.07) is 16.3. The quantitative estimate of drug-likeness (QED) is 0.800. The molecule has 0 radical (unpaired) electrons. The Morgan fingerprint density at radius 3 is 2.29 bits per heavy atom. The third-order valence-corrected chi connectivity index (χ3v) is 3.19. The fourth-order valence-electron chi connectivity index (χ4n) is 2.11. The van der Waals surface area contributed by atoms with Gasteiger partial charge in [-0.3, -0.25) is 0 Å². The largest absolute Gasteiger partial charge is 0.478 e. The van der Waals surface area contributed by atoms with Crippen LogP contribution in [-0.2, 0) is 7.05 Å². The number of benzene rings is 2. The second-order valence-electron chi connectivity index (χ2n) is 4.63. The maximum Gasteiger partial charge on any atom is 0.335 e. The first-order valence-corrected chi connectivity index (χ1v) is 6.45. The van der Waals surface area contributed by atoms with E-state index in [0.717, 1.165) is 11.1 Å². The minimum absolute atomic E-state index is 0.254. The van der Waals surface area contributed by atoms with Gasteiger partial charge in [-0.05, 0) is 12.1 Å². The summed E-state index contributed by atoms with van der Waals surface area (Å²) < 4.78 is 1.69. The highest BCUT2D eigenvalue weighted by Crippen LogP contribution is 2.22. The van der Waals surface area contributed by atoms with Crippen LogP contribution in [-0.4, -0.2) is 25.8 Å². The van der Waals surface area contributed by atoms with Crippen molar-refractivity contribution >= 4 is 5.97 Å². The third kappa shape index (κ3) is 2.53. The predicted molar refractivity (Wildman–Crippen MR) is 78.8 cm³/mol. The average Bonchev–Trinajstić information content (AvgIpc) is 2.90. The van der Waals surface area contributed by atoms with Crippen molar-refractivity contribution < 1.29 is 9.90 Å². The molecule has 5 nitrogen and oxygen atoms in total. The number of aromatic carboxylic acids is 1. The van der Waals surface area contributed by atoms with Crippen LogP contribution in [0.4, 0.5) is 0 Å². The highest BCUT2D eigenvalue weighted by molar-refractivity contribution is 5.88. The van der Waals surface area contributed by atoms with E-state index in [0.29, 0.717) is 11.6 Å². The fraction of sp³-hybridized carbons (Fsp3) is 0.0625. The molecule has 0 saturated heterocycles. The molecule has 0 fully saturated rings. The van der Waals surface area contributed by atoms with Crippen molar-refractivity contribution in [2.45, 2.75) is 0 Å². The topological polar surface area (TPSA) is 68.0 Å². The molecule has 3 rings (SSSR count). The molecule has 0 spiro atoms. The van der Waals surface area contributed by atoms with Crippen LogP contribution < -0.4 is 0 Å². The number of rotatable bonds is 3. The minimum Gasteiger partial charge on any atom is -0.478 e. The molecule has 0 atom stereocenters. The van der Waals surface area contributed by atoms with Crippen molar-refractivity contribution in [3.05, 3.63) is 60.2 Å². The van der Waals surface area contributed by atoms with Crippen LogP contribution in [0.5, 0.6) is 0 Å². The van der Waals surface area contributed by atoms with Crippen molar-refractivity contribution in [2.24, 2.45) is 7.05 Å². The van der Waals surface area contributed by atoms with E-state index in [-0.39, 0.29) is 5.56 Å². The molecule has 21 heavy (non-hydrogen) atoms. The summed E-state index contributed by atoms with van der Waals surface area (Å²) in [5, 5.41) is 13.3. The number of hydrogen-bond acceptors (Lipinski definition) is 3. The number of hydrogen-bond donors (Lipinski definition) is 1. The van der Waals surface area contributed by atoms with Crippen molar-refractivity contribution in [1.82, 2.24) is 14.8 Å². The number of carboxylic acid groups (broad SMARTS) is 1. The standard InChI is InChI=1S/C16H13N3O2/c1-19-15(12-7-9-13(10-8-12)16(20)21)17-14(18-19)11-5-3-2-4-6-11/h2-10H,1H3,(H,20,21). The normalized spacial score (nSPS) is 10.5. The maximum atomic E-state index is 10.9. The van der Waals surface area contributed by atoms with Gasteiger partial charge in [0.2, 0.25) is 0 Å². The number of aryl methyl sites for hydroxylation is 1. The van der Waals surface area contributed by atoms with E-state index < -0.39 is 5.97 Å². The lowest BCUT2D eigenvalue weighted by Gasteiger charge is -2.00. The van der Waals surface area contributed by atoms with Crippen molar-refractivity contribution in [2.75, 3.05) is 0 Å².